The molecule has 1 aromatic rings. The summed E-state index contributed by atoms with van der Waals surface area (Å²) in [6.45, 7) is 4.02. The number of carbonyl (C=O) groups excluding carboxylic acids is 6. The first-order valence-corrected chi connectivity index (χ1v) is 17.7. The van der Waals surface area contributed by atoms with E-state index in [1.807, 2.05) is 37.3 Å². The Kier molecular flexibility index (Phi) is 8.57. The number of benzene rings is 1. The quantitative estimate of drug-likeness (QED) is 0.432. The van der Waals surface area contributed by atoms with Crippen molar-refractivity contribution in [3.8, 4) is 0 Å². The van der Waals surface area contributed by atoms with Crippen LogP contribution in [0.1, 0.15) is 57.9 Å². The lowest BCUT2D eigenvalue weighted by Crippen LogP contribution is -2.65. The van der Waals surface area contributed by atoms with Crippen molar-refractivity contribution >= 4 is 47.0 Å². The summed E-state index contributed by atoms with van der Waals surface area (Å²) in [6.07, 6.45) is 10.9. The molecule has 0 saturated carbocycles. The zero-order valence-corrected chi connectivity index (χ0v) is 28.6. The summed E-state index contributed by atoms with van der Waals surface area (Å²) in [5.41, 5.74) is 5.14. The second kappa shape index (κ2) is 12.6. The minimum Gasteiger partial charge on any atom is -0.368 e. The van der Waals surface area contributed by atoms with E-state index in [0.29, 0.717) is 62.2 Å². The number of nitrogens with one attached hydrogen (secondary N) is 1. The predicted molar refractivity (Wildman–Crippen MR) is 179 cm³/mol. The van der Waals surface area contributed by atoms with Crippen molar-refractivity contribution in [2.75, 3.05) is 13.1 Å². The molecule has 13 heteroatoms. The van der Waals surface area contributed by atoms with Crippen LogP contribution in [0.2, 0.25) is 5.02 Å². The van der Waals surface area contributed by atoms with Crippen LogP contribution in [0, 0.1) is 11.8 Å². The van der Waals surface area contributed by atoms with Crippen LogP contribution in [0.3, 0.4) is 0 Å². The number of halogens is 1. The molecule has 6 aliphatic rings. The standard InChI is InChI=1S/C36H43ClN6O6/c1-20-18-29(31(38)45)43-27(20)10-8-22-13-17-40(30(22)34(43)48)33(47)28-11-9-24-12-15-36(35(49)42(24)28)14-5-16-41(36)32(46)26(39-21(2)44)19-23-6-3-4-7-25(23)37/h3-4,6-8,10,12,15,20,22,24,26-30H,5,9,11,13-14,16-19H2,1-2H3,(H2,38,45)(H,39,44)/t20-,22+,24+,26+,27+,28+,29+,30+,36-/m1/s1. The van der Waals surface area contributed by atoms with Gasteiger partial charge in [-0.25, -0.2) is 0 Å². The molecule has 6 heterocycles. The summed E-state index contributed by atoms with van der Waals surface area (Å²) in [5, 5.41) is 3.25. The summed E-state index contributed by atoms with van der Waals surface area (Å²) in [7, 11) is 0. The zero-order valence-electron chi connectivity index (χ0n) is 27.8. The number of primary amides is 1. The lowest BCUT2D eigenvalue weighted by atomic mass is 9.88. The van der Waals surface area contributed by atoms with Crippen molar-refractivity contribution < 1.29 is 28.8 Å². The number of likely N-dealkylation sites (tertiary alicyclic amines) is 2. The molecule has 4 saturated heterocycles. The second-order valence-corrected chi connectivity index (χ2v) is 14.9. The van der Waals surface area contributed by atoms with Crippen LogP contribution in [0.5, 0.6) is 0 Å². The molecular formula is C36H43ClN6O6. The highest BCUT2D eigenvalue weighted by atomic mass is 35.5. The number of carbonyl (C=O) groups is 6. The SMILES string of the molecule is CC(=O)N[C@@H](Cc1ccccc1Cl)C(=O)N1CCC[C@]12C=C[C@@H]1CC[C@@H](C(=O)N3CC[C@@H]4C=C[C@H]5[C@H](C)C[C@@H](C(N)=O)N5C(=O)[C@H]43)N1C2=O. The summed E-state index contributed by atoms with van der Waals surface area (Å²) in [6, 6.07) is 3.30. The maximum Gasteiger partial charge on any atom is 0.253 e. The fourth-order valence-corrected chi connectivity index (χ4v) is 9.51. The number of hydrogen-bond acceptors (Lipinski definition) is 6. The van der Waals surface area contributed by atoms with Gasteiger partial charge in [0.1, 0.15) is 29.7 Å². The number of nitrogens with zero attached hydrogens (tertiary/aromatic N) is 4. The zero-order chi connectivity index (χ0) is 34.8. The van der Waals surface area contributed by atoms with E-state index in [1.165, 1.54) is 6.92 Å². The van der Waals surface area contributed by atoms with E-state index in [9.17, 15) is 28.8 Å². The highest BCUT2D eigenvalue weighted by Crippen LogP contribution is 2.43. The first kappa shape index (κ1) is 33.3. The van der Waals surface area contributed by atoms with Gasteiger partial charge in [-0.15, -0.1) is 0 Å². The first-order valence-electron chi connectivity index (χ1n) is 17.4. The number of amides is 6. The topological polar surface area (TPSA) is 153 Å². The largest absolute Gasteiger partial charge is 0.368 e. The molecule has 0 bridgehead atoms. The van der Waals surface area contributed by atoms with Crippen molar-refractivity contribution in [1.82, 2.24) is 24.9 Å². The Balaban J connectivity index is 1.14. The smallest absolute Gasteiger partial charge is 0.253 e. The van der Waals surface area contributed by atoms with Crippen molar-refractivity contribution in [1.29, 1.82) is 0 Å². The molecule has 0 aliphatic carbocycles. The molecule has 3 N–H and O–H groups in total. The highest BCUT2D eigenvalue weighted by Gasteiger charge is 2.59. The maximum atomic E-state index is 14.7. The average Bonchev–Trinajstić information content (AvgIpc) is 3.84. The van der Waals surface area contributed by atoms with Gasteiger partial charge in [0.05, 0.1) is 12.1 Å². The number of rotatable bonds is 6. The van der Waals surface area contributed by atoms with E-state index in [1.54, 1.807) is 37.8 Å². The number of nitrogens with two attached hydrogens (primary N) is 1. The Morgan fingerprint density at radius 3 is 2.53 bits per heavy atom. The lowest BCUT2D eigenvalue weighted by Gasteiger charge is -2.45. The van der Waals surface area contributed by atoms with Crippen LogP contribution in [0.4, 0.5) is 0 Å². The minimum absolute atomic E-state index is 0.0530. The molecule has 1 aromatic carbocycles. The Labute approximate surface area is 290 Å². The van der Waals surface area contributed by atoms with Crippen LogP contribution < -0.4 is 11.1 Å². The van der Waals surface area contributed by atoms with Crippen molar-refractivity contribution in [2.45, 2.75) is 101 Å². The van der Waals surface area contributed by atoms with Crippen LogP contribution in [0.25, 0.3) is 0 Å². The number of hydrogen-bond donors (Lipinski definition) is 2. The normalized spacial score (nSPS) is 33.8. The van der Waals surface area contributed by atoms with Crippen LogP contribution in [-0.2, 0) is 35.2 Å². The molecule has 9 atom stereocenters. The third-order valence-corrected chi connectivity index (χ3v) is 12.0. The highest BCUT2D eigenvalue weighted by molar-refractivity contribution is 6.31. The molecule has 12 nitrogen and oxygen atoms in total. The first-order chi connectivity index (χ1) is 23.4. The van der Waals surface area contributed by atoms with E-state index >= 15 is 0 Å². The van der Waals surface area contributed by atoms with Gasteiger partial charge in [0.25, 0.3) is 5.91 Å². The molecule has 0 aromatic heterocycles. The van der Waals surface area contributed by atoms with Gasteiger partial charge in [-0.05, 0) is 56.1 Å². The van der Waals surface area contributed by atoms with Gasteiger partial charge in [0.15, 0.2) is 0 Å². The van der Waals surface area contributed by atoms with E-state index in [-0.39, 0.29) is 59.9 Å². The summed E-state index contributed by atoms with van der Waals surface area (Å²) in [4.78, 5) is 88.6. The number of fused-ring (bicyclic) bond motifs is 3. The molecule has 0 radical (unpaired) electrons. The van der Waals surface area contributed by atoms with E-state index < -0.39 is 35.6 Å². The molecular weight excluding hydrogens is 648 g/mol. The lowest BCUT2D eigenvalue weighted by molar-refractivity contribution is -0.157. The van der Waals surface area contributed by atoms with Crippen LogP contribution in [0.15, 0.2) is 48.6 Å². The maximum absolute atomic E-state index is 14.7. The Morgan fingerprint density at radius 2 is 1.80 bits per heavy atom. The minimum atomic E-state index is -1.30. The molecule has 0 unspecified atom stereocenters. The second-order valence-electron chi connectivity index (χ2n) is 14.5. The fraction of sp³-hybridized carbons (Fsp3) is 0.556. The molecule has 49 heavy (non-hydrogen) atoms. The monoisotopic (exact) mass is 690 g/mol. The molecule has 1 spiro atoms. The van der Waals surface area contributed by atoms with Crippen LogP contribution >= 0.6 is 11.6 Å². The van der Waals surface area contributed by atoms with Gasteiger partial charge in [0, 0.05) is 37.4 Å². The summed E-state index contributed by atoms with van der Waals surface area (Å²) < 4.78 is 0. The van der Waals surface area contributed by atoms with Crippen molar-refractivity contribution in [3.63, 3.8) is 0 Å². The van der Waals surface area contributed by atoms with Gasteiger partial charge >= 0.3 is 0 Å². The molecule has 6 aliphatic heterocycles. The molecule has 6 amide bonds. The summed E-state index contributed by atoms with van der Waals surface area (Å²) in [5.74, 6) is -2.34. The average molecular weight is 691 g/mol. The molecule has 7 rings (SSSR count). The van der Waals surface area contributed by atoms with Gasteiger partial charge in [-0.2, -0.15) is 0 Å². The Morgan fingerprint density at radius 1 is 1.02 bits per heavy atom. The molecule has 260 valence electrons. The van der Waals surface area contributed by atoms with Gasteiger partial charge < -0.3 is 30.7 Å². The van der Waals surface area contributed by atoms with Crippen LogP contribution in [-0.4, -0.2) is 110 Å². The van der Waals surface area contributed by atoms with Gasteiger partial charge in [0.2, 0.25) is 29.5 Å². The Bertz CT molecular complexity index is 1660. The summed E-state index contributed by atoms with van der Waals surface area (Å²) >= 11 is 6.42. The fourth-order valence-electron chi connectivity index (χ4n) is 9.29. The third kappa shape index (κ3) is 5.43. The Hall–Kier alpha value is -4.19. The van der Waals surface area contributed by atoms with Crippen molar-refractivity contribution in [2.24, 2.45) is 17.6 Å². The van der Waals surface area contributed by atoms with E-state index in [2.05, 4.69) is 5.32 Å². The van der Waals surface area contributed by atoms with Gasteiger partial charge in [-0.3, -0.25) is 28.8 Å². The van der Waals surface area contributed by atoms with E-state index in [4.69, 9.17) is 17.3 Å². The third-order valence-electron chi connectivity index (χ3n) is 11.6. The van der Waals surface area contributed by atoms with E-state index in [0.717, 1.165) is 0 Å². The van der Waals surface area contributed by atoms with Gasteiger partial charge in [-0.1, -0.05) is 61.0 Å². The van der Waals surface area contributed by atoms with Crippen molar-refractivity contribution in [3.05, 3.63) is 59.2 Å². The molecule has 4 fully saturated rings. The predicted octanol–water partition coefficient (Wildman–Crippen LogP) is 1.56.